The molecule has 0 spiro atoms. The largest absolute Gasteiger partial charge is 0.366 e. The van der Waals surface area contributed by atoms with E-state index in [0.29, 0.717) is 5.69 Å². The first kappa shape index (κ1) is 15.2. The summed E-state index contributed by atoms with van der Waals surface area (Å²) in [6.45, 7) is 1.86. The molecule has 1 aromatic carbocycles. The average molecular weight is 314 g/mol. The van der Waals surface area contributed by atoms with E-state index in [1.54, 1.807) is 35.1 Å². The van der Waals surface area contributed by atoms with Crippen molar-refractivity contribution in [2.75, 3.05) is 18.4 Å². The Bertz CT molecular complexity index is 720. The van der Waals surface area contributed by atoms with Crippen molar-refractivity contribution in [1.82, 2.24) is 20.3 Å². The van der Waals surface area contributed by atoms with Gasteiger partial charge in [0.25, 0.3) is 11.8 Å². The lowest BCUT2D eigenvalue weighted by molar-refractivity contribution is 0.100. The summed E-state index contributed by atoms with van der Waals surface area (Å²) in [5, 5.41) is 13.9. The molecule has 0 aliphatic carbocycles. The van der Waals surface area contributed by atoms with Crippen molar-refractivity contribution in [2.24, 2.45) is 5.73 Å². The van der Waals surface area contributed by atoms with Crippen molar-refractivity contribution in [2.45, 2.75) is 18.9 Å². The normalized spacial score (nSPS) is 15.3. The lowest BCUT2D eigenvalue weighted by Gasteiger charge is -2.22. The van der Waals surface area contributed by atoms with Crippen LogP contribution in [0.25, 0.3) is 0 Å². The van der Waals surface area contributed by atoms with Gasteiger partial charge >= 0.3 is 0 Å². The molecule has 1 fully saturated rings. The minimum absolute atomic E-state index is 0.211. The lowest BCUT2D eigenvalue weighted by atomic mass is 10.1. The molecule has 2 heterocycles. The summed E-state index contributed by atoms with van der Waals surface area (Å²) in [6, 6.07) is 6.83. The molecule has 0 bridgehead atoms. The maximum absolute atomic E-state index is 12.3. The number of rotatable bonds is 4. The Hall–Kier alpha value is -2.74. The fraction of sp³-hybridized carbons (Fsp3) is 0.333. The molecule has 2 amide bonds. The van der Waals surface area contributed by atoms with Crippen LogP contribution in [-0.2, 0) is 0 Å². The first-order valence-electron chi connectivity index (χ1n) is 7.48. The van der Waals surface area contributed by atoms with Gasteiger partial charge < -0.3 is 16.4 Å². The number of piperidine rings is 1. The second kappa shape index (κ2) is 6.57. The highest BCUT2D eigenvalue weighted by molar-refractivity contribution is 6.07. The molecule has 2 aromatic rings. The summed E-state index contributed by atoms with van der Waals surface area (Å²) in [7, 11) is 0. The molecule has 4 N–H and O–H groups in total. The van der Waals surface area contributed by atoms with Gasteiger partial charge in [-0.05, 0) is 38.1 Å². The van der Waals surface area contributed by atoms with Crippen LogP contribution in [0.15, 0.2) is 30.5 Å². The van der Waals surface area contributed by atoms with Crippen molar-refractivity contribution in [3.8, 4) is 0 Å². The van der Waals surface area contributed by atoms with E-state index in [-0.39, 0.29) is 17.3 Å². The maximum Gasteiger partial charge on any atom is 0.277 e. The third kappa shape index (κ3) is 3.37. The second-order valence-corrected chi connectivity index (χ2v) is 5.43. The number of nitrogens with one attached hydrogen (secondary N) is 2. The van der Waals surface area contributed by atoms with Gasteiger partial charge in [0.15, 0.2) is 5.69 Å². The monoisotopic (exact) mass is 314 g/mol. The van der Waals surface area contributed by atoms with E-state index in [2.05, 4.69) is 20.9 Å². The number of nitrogens with two attached hydrogens (primary N) is 1. The number of anilines is 1. The molecular formula is C15H18N6O2. The molecule has 1 aliphatic rings. The number of carbonyl (C=O) groups excluding carboxylic acids is 2. The number of primary amides is 1. The Morgan fingerprint density at radius 3 is 2.74 bits per heavy atom. The highest BCUT2D eigenvalue weighted by Gasteiger charge is 2.19. The zero-order valence-corrected chi connectivity index (χ0v) is 12.5. The van der Waals surface area contributed by atoms with E-state index in [0.717, 1.165) is 25.9 Å². The van der Waals surface area contributed by atoms with Gasteiger partial charge in [-0.25, -0.2) is 4.68 Å². The van der Waals surface area contributed by atoms with Gasteiger partial charge in [0.1, 0.15) is 0 Å². The van der Waals surface area contributed by atoms with Crippen LogP contribution in [-0.4, -0.2) is 39.9 Å². The van der Waals surface area contributed by atoms with Crippen LogP contribution < -0.4 is 16.4 Å². The fourth-order valence-corrected chi connectivity index (χ4v) is 2.62. The van der Waals surface area contributed by atoms with Crippen molar-refractivity contribution in [3.63, 3.8) is 0 Å². The Kier molecular flexibility index (Phi) is 4.33. The number of hydrogen-bond donors (Lipinski definition) is 3. The number of nitrogens with zero attached hydrogens (tertiary/aromatic N) is 3. The molecule has 1 aromatic heterocycles. The highest BCUT2D eigenvalue weighted by atomic mass is 16.2. The second-order valence-electron chi connectivity index (χ2n) is 5.43. The minimum Gasteiger partial charge on any atom is -0.366 e. The van der Waals surface area contributed by atoms with E-state index in [1.165, 1.54) is 0 Å². The van der Waals surface area contributed by atoms with Gasteiger partial charge in [0, 0.05) is 0 Å². The van der Waals surface area contributed by atoms with Gasteiger partial charge in [0.2, 0.25) is 0 Å². The number of aromatic nitrogens is 3. The van der Waals surface area contributed by atoms with Gasteiger partial charge in [-0.3, -0.25) is 9.59 Å². The molecule has 23 heavy (non-hydrogen) atoms. The van der Waals surface area contributed by atoms with Crippen LogP contribution >= 0.6 is 0 Å². The number of benzene rings is 1. The van der Waals surface area contributed by atoms with Crippen LogP contribution in [0.1, 0.15) is 39.7 Å². The van der Waals surface area contributed by atoms with Crippen molar-refractivity contribution < 1.29 is 9.59 Å². The van der Waals surface area contributed by atoms with E-state index in [4.69, 9.17) is 5.73 Å². The number of carbonyl (C=O) groups is 2. The molecule has 0 saturated carbocycles. The van der Waals surface area contributed by atoms with Gasteiger partial charge in [-0.1, -0.05) is 17.3 Å². The summed E-state index contributed by atoms with van der Waals surface area (Å²) in [4.78, 5) is 23.7. The SMILES string of the molecule is NC(=O)c1ccccc1NC(=O)c1cn(C2CCNCC2)nn1. The smallest absolute Gasteiger partial charge is 0.277 e. The van der Waals surface area contributed by atoms with E-state index < -0.39 is 11.8 Å². The number of amides is 2. The average Bonchev–Trinajstić information content (AvgIpc) is 3.06. The Morgan fingerprint density at radius 2 is 2.00 bits per heavy atom. The quantitative estimate of drug-likeness (QED) is 0.762. The topological polar surface area (TPSA) is 115 Å². The molecule has 0 radical (unpaired) electrons. The Morgan fingerprint density at radius 1 is 1.26 bits per heavy atom. The number of para-hydroxylation sites is 1. The Balaban J connectivity index is 1.74. The summed E-state index contributed by atoms with van der Waals surface area (Å²) < 4.78 is 1.73. The minimum atomic E-state index is -0.598. The van der Waals surface area contributed by atoms with Crippen LogP contribution in [0, 0.1) is 0 Å². The van der Waals surface area contributed by atoms with E-state index in [9.17, 15) is 9.59 Å². The molecule has 120 valence electrons. The molecule has 1 saturated heterocycles. The molecular weight excluding hydrogens is 296 g/mol. The first-order chi connectivity index (χ1) is 11.1. The van der Waals surface area contributed by atoms with E-state index in [1.807, 2.05) is 0 Å². The molecule has 8 heteroatoms. The molecule has 0 unspecified atom stereocenters. The molecule has 8 nitrogen and oxygen atoms in total. The van der Waals surface area contributed by atoms with Crippen LogP contribution in [0.4, 0.5) is 5.69 Å². The zero-order valence-electron chi connectivity index (χ0n) is 12.5. The molecule has 1 aliphatic heterocycles. The van der Waals surface area contributed by atoms with E-state index >= 15 is 0 Å². The van der Waals surface area contributed by atoms with Crippen LogP contribution in [0.5, 0.6) is 0 Å². The van der Waals surface area contributed by atoms with Crippen molar-refractivity contribution in [3.05, 3.63) is 41.7 Å². The summed E-state index contributed by atoms with van der Waals surface area (Å²) >= 11 is 0. The maximum atomic E-state index is 12.3. The predicted octanol–water partition coefficient (Wildman–Crippen LogP) is 0.554. The molecule has 3 rings (SSSR count). The zero-order chi connectivity index (χ0) is 16.2. The van der Waals surface area contributed by atoms with Crippen molar-refractivity contribution >= 4 is 17.5 Å². The predicted molar refractivity (Wildman–Crippen MR) is 84.1 cm³/mol. The van der Waals surface area contributed by atoms with Gasteiger partial charge in [-0.2, -0.15) is 0 Å². The standard InChI is InChI=1S/C15H18N6O2/c16-14(22)11-3-1-2-4-12(11)18-15(23)13-9-21(20-19-13)10-5-7-17-8-6-10/h1-4,9-10,17H,5-8H2,(H2,16,22)(H,18,23). The van der Waals surface area contributed by atoms with Crippen molar-refractivity contribution in [1.29, 1.82) is 0 Å². The summed E-state index contributed by atoms with van der Waals surface area (Å²) in [5.74, 6) is -1.02. The molecule has 0 atom stereocenters. The lowest BCUT2D eigenvalue weighted by Crippen LogP contribution is -2.29. The fourth-order valence-electron chi connectivity index (χ4n) is 2.62. The van der Waals surface area contributed by atoms with Gasteiger partial charge in [0.05, 0.1) is 23.5 Å². The third-order valence-electron chi connectivity index (χ3n) is 3.87. The third-order valence-corrected chi connectivity index (χ3v) is 3.87. The number of hydrogen-bond acceptors (Lipinski definition) is 5. The first-order valence-corrected chi connectivity index (χ1v) is 7.48. The Labute approximate surface area is 133 Å². The summed E-state index contributed by atoms with van der Waals surface area (Å²) in [5.41, 5.74) is 6.13. The van der Waals surface area contributed by atoms with Crippen LogP contribution in [0.3, 0.4) is 0 Å². The highest BCUT2D eigenvalue weighted by Crippen LogP contribution is 2.18. The summed E-state index contributed by atoms with van der Waals surface area (Å²) in [6.07, 6.45) is 3.54. The van der Waals surface area contributed by atoms with Crippen LogP contribution in [0.2, 0.25) is 0 Å². The van der Waals surface area contributed by atoms with Gasteiger partial charge in [-0.15, -0.1) is 5.10 Å².